The topological polar surface area (TPSA) is 34.9 Å². The van der Waals surface area contributed by atoms with Crippen LogP contribution in [0.1, 0.15) is 23.1 Å². The van der Waals surface area contributed by atoms with E-state index in [1.54, 1.807) is 16.8 Å². The van der Waals surface area contributed by atoms with E-state index in [1.807, 2.05) is 0 Å². The second kappa shape index (κ2) is 4.17. The minimum atomic E-state index is -0.187. The molecule has 0 saturated heterocycles. The summed E-state index contributed by atoms with van der Waals surface area (Å²) in [7, 11) is 0. The van der Waals surface area contributed by atoms with Gasteiger partial charge >= 0.3 is 5.69 Å². The molecule has 0 saturated carbocycles. The fraction of sp³-hybridized carbons (Fsp3) is 0.286. The Morgan fingerprint density at radius 3 is 3.00 bits per heavy atom. The van der Waals surface area contributed by atoms with Gasteiger partial charge in [-0.25, -0.2) is 9.78 Å². The molecule has 0 bridgehead atoms. The Morgan fingerprint density at radius 1 is 1.24 bits per heavy atom. The Bertz CT molecular complexity index is 601. The van der Waals surface area contributed by atoms with Gasteiger partial charge in [0, 0.05) is 12.4 Å². The molecule has 0 N–H and O–H groups in total. The Hall–Kier alpha value is -1.90. The van der Waals surface area contributed by atoms with Crippen LogP contribution in [0.2, 0.25) is 0 Å². The number of rotatable bonds is 2. The van der Waals surface area contributed by atoms with E-state index in [0.717, 1.165) is 0 Å². The van der Waals surface area contributed by atoms with Gasteiger partial charge in [-0.2, -0.15) is 0 Å². The Morgan fingerprint density at radius 2 is 2.12 bits per heavy atom. The van der Waals surface area contributed by atoms with Crippen molar-refractivity contribution in [3.63, 3.8) is 0 Å². The molecule has 1 heterocycles. The molecule has 1 aliphatic carbocycles. The molecule has 0 fully saturated rings. The molecule has 0 aliphatic heterocycles. The highest BCUT2D eigenvalue weighted by Gasteiger charge is 2.10. The highest BCUT2D eigenvalue weighted by molar-refractivity contribution is 5.35. The molecule has 17 heavy (non-hydrogen) atoms. The van der Waals surface area contributed by atoms with Crippen LogP contribution in [0, 0.1) is 0 Å². The van der Waals surface area contributed by atoms with Crippen molar-refractivity contribution in [1.82, 2.24) is 9.55 Å². The Balaban J connectivity index is 1.91. The van der Waals surface area contributed by atoms with E-state index in [4.69, 9.17) is 0 Å². The molecular formula is C14H14N2O. The lowest BCUT2D eigenvalue weighted by atomic mass is 10.1. The predicted octanol–water partition coefficient (Wildman–Crippen LogP) is 1.78. The molecule has 1 aromatic heterocycles. The van der Waals surface area contributed by atoms with Gasteiger partial charge in [0.05, 0.1) is 6.54 Å². The molecular weight excluding hydrogens is 212 g/mol. The summed E-state index contributed by atoms with van der Waals surface area (Å²) in [5, 5.41) is 0. The second-order valence-electron chi connectivity index (χ2n) is 4.49. The summed E-state index contributed by atoms with van der Waals surface area (Å²) in [6.45, 7) is 0.611. The molecule has 0 radical (unpaired) electrons. The Kier molecular flexibility index (Phi) is 2.52. The van der Waals surface area contributed by atoms with Crippen LogP contribution in [0.15, 0.2) is 41.5 Å². The average Bonchev–Trinajstić information content (AvgIpc) is 2.79. The van der Waals surface area contributed by atoms with Crippen LogP contribution in [0.25, 0.3) is 0 Å². The van der Waals surface area contributed by atoms with Crippen molar-refractivity contribution in [2.75, 3.05) is 0 Å². The van der Waals surface area contributed by atoms with Gasteiger partial charge in [-0.1, -0.05) is 18.2 Å². The van der Waals surface area contributed by atoms with Crippen LogP contribution in [-0.2, 0) is 19.4 Å². The van der Waals surface area contributed by atoms with Gasteiger partial charge in [-0.15, -0.1) is 0 Å². The maximum atomic E-state index is 11.5. The SMILES string of the molecule is O=c1ncccn1Cc1ccc2c(c1)CCC2. The summed E-state index contributed by atoms with van der Waals surface area (Å²) in [4.78, 5) is 15.3. The van der Waals surface area contributed by atoms with Gasteiger partial charge in [-0.3, -0.25) is 4.57 Å². The second-order valence-corrected chi connectivity index (χ2v) is 4.49. The molecule has 1 aliphatic rings. The molecule has 0 spiro atoms. The van der Waals surface area contributed by atoms with E-state index in [2.05, 4.69) is 23.2 Å². The van der Waals surface area contributed by atoms with Crippen LogP contribution in [0.5, 0.6) is 0 Å². The van der Waals surface area contributed by atoms with E-state index in [0.29, 0.717) is 6.54 Å². The van der Waals surface area contributed by atoms with Crippen molar-refractivity contribution in [3.8, 4) is 0 Å². The zero-order chi connectivity index (χ0) is 11.7. The van der Waals surface area contributed by atoms with Crippen molar-refractivity contribution in [1.29, 1.82) is 0 Å². The highest BCUT2D eigenvalue weighted by Crippen LogP contribution is 2.22. The number of hydrogen-bond acceptors (Lipinski definition) is 2. The van der Waals surface area contributed by atoms with Gasteiger partial charge in [0.15, 0.2) is 0 Å². The van der Waals surface area contributed by atoms with Gasteiger partial charge in [0.25, 0.3) is 0 Å². The molecule has 3 nitrogen and oxygen atoms in total. The van der Waals surface area contributed by atoms with Crippen molar-refractivity contribution >= 4 is 0 Å². The van der Waals surface area contributed by atoms with Gasteiger partial charge in [0.2, 0.25) is 0 Å². The fourth-order valence-corrected chi connectivity index (χ4v) is 2.43. The smallest absolute Gasteiger partial charge is 0.295 e. The molecule has 0 atom stereocenters. The first-order valence-corrected chi connectivity index (χ1v) is 5.95. The lowest BCUT2D eigenvalue weighted by Gasteiger charge is -2.06. The van der Waals surface area contributed by atoms with Crippen LogP contribution in [0.3, 0.4) is 0 Å². The first kappa shape index (κ1) is 10.3. The van der Waals surface area contributed by atoms with Crippen LogP contribution in [0.4, 0.5) is 0 Å². The minimum absolute atomic E-state index is 0.187. The van der Waals surface area contributed by atoms with E-state index in [-0.39, 0.29) is 5.69 Å². The molecule has 3 rings (SSSR count). The summed E-state index contributed by atoms with van der Waals surface area (Å²) in [6.07, 6.45) is 6.93. The summed E-state index contributed by atoms with van der Waals surface area (Å²) in [5.41, 5.74) is 3.90. The molecule has 3 heteroatoms. The van der Waals surface area contributed by atoms with Crippen molar-refractivity contribution in [2.24, 2.45) is 0 Å². The lowest BCUT2D eigenvalue weighted by Crippen LogP contribution is -2.21. The maximum absolute atomic E-state index is 11.5. The normalized spacial score (nSPS) is 13.6. The third-order valence-corrected chi connectivity index (χ3v) is 3.30. The maximum Gasteiger partial charge on any atom is 0.347 e. The molecule has 2 aromatic rings. The van der Waals surface area contributed by atoms with E-state index < -0.39 is 0 Å². The summed E-state index contributed by atoms with van der Waals surface area (Å²) in [6, 6.07) is 8.32. The van der Waals surface area contributed by atoms with Gasteiger partial charge in [0.1, 0.15) is 0 Å². The average molecular weight is 226 g/mol. The monoisotopic (exact) mass is 226 g/mol. The quantitative estimate of drug-likeness (QED) is 0.782. The van der Waals surface area contributed by atoms with Crippen molar-refractivity contribution in [2.45, 2.75) is 25.8 Å². The number of aromatic nitrogens is 2. The predicted molar refractivity (Wildman–Crippen MR) is 66.1 cm³/mol. The number of fused-ring (bicyclic) bond motifs is 1. The standard InChI is InChI=1S/C14H14N2O/c17-14-15-7-2-8-16(14)10-11-5-6-12-3-1-4-13(12)9-11/h2,5-9H,1,3-4,10H2. The largest absolute Gasteiger partial charge is 0.347 e. The fourth-order valence-electron chi connectivity index (χ4n) is 2.43. The molecule has 0 amide bonds. The van der Waals surface area contributed by atoms with Gasteiger partial charge in [-0.05, 0) is 42.0 Å². The molecule has 86 valence electrons. The highest BCUT2D eigenvalue weighted by atomic mass is 16.1. The first-order valence-electron chi connectivity index (χ1n) is 5.95. The Labute approximate surface area is 99.8 Å². The van der Waals surface area contributed by atoms with Crippen molar-refractivity contribution < 1.29 is 0 Å². The van der Waals surface area contributed by atoms with Crippen molar-refractivity contribution in [3.05, 3.63) is 63.8 Å². The third-order valence-electron chi connectivity index (χ3n) is 3.30. The minimum Gasteiger partial charge on any atom is -0.295 e. The zero-order valence-corrected chi connectivity index (χ0v) is 9.60. The molecule has 0 unspecified atom stereocenters. The third kappa shape index (κ3) is 2.00. The van der Waals surface area contributed by atoms with Gasteiger partial charge < -0.3 is 0 Å². The molecule has 1 aromatic carbocycles. The van der Waals surface area contributed by atoms with E-state index in [1.165, 1.54) is 42.1 Å². The van der Waals surface area contributed by atoms with E-state index >= 15 is 0 Å². The number of hydrogen-bond donors (Lipinski definition) is 0. The van der Waals surface area contributed by atoms with E-state index in [9.17, 15) is 4.79 Å². The first-order chi connectivity index (χ1) is 8.33. The lowest BCUT2D eigenvalue weighted by molar-refractivity contribution is 0.726. The number of nitrogens with zero attached hydrogens (tertiary/aromatic N) is 2. The van der Waals surface area contributed by atoms with Crippen LogP contribution >= 0.6 is 0 Å². The number of aryl methyl sites for hydroxylation is 2. The number of benzene rings is 1. The summed E-state index contributed by atoms with van der Waals surface area (Å²) in [5.74, 6) is 0. The zero-order valence-electron chi connectivity index (χ0n) is 9.60. The summed E-state index contributed by atoms with van der Waals surface area (Å²) >= 11 is 0. The summed E-state index contributed by atoms with van der Waals surface area (Å²) < 4.78 is 1.64. The van der Waals surface area contributed by atoms with Crippen LogP contribution in [-0.4, -0.2) is 9.55 Å². The van der Waals surface area contributed by atoms with Crippen LogP contribution < -0.4 is 5.69 Å².